The van der Waals surface area contributed by atoms with E-state index in [2.05, 4.69) is 5.32 Å². The van der Waals surface area contributed by atoms with Crippen LogP contribution in [0.4, 0.5) is 4.79 Å². The number of rotatable bonds is 2. The van der Waals surface area contributed by atoms with Crippen LogP contribution in [-0.2, 0) is 9.59 Å². The molecule has 4 N–H and O–H groups in total. The highest BCUT2D eigenvalue weighted by atomic mass is 16.4. The van der Waals surface area contributed by atoms with Gasteiger partial charge in [0.15, 0.2) is 0 Å². The average Bonchev–Trinajstić information content (AvgIpc) is 2.40. The summed E-state index contributed by atoms with van der Waals surface area (Å²) in [6.45, 7) is 1.73. The van der Waals surface area contributed by atoms with Gasteiger partial charge in [0.1, 0.15) is 6.04 Å². The second-order valence-corrected chi connectivity index (χ2v) is 5.23. The minimum Gasteiger partial charge on any atom is -0.481 e. The molecule has 0 radical (unpaired) electrons. The summed E-state index contributed by atoms with van der Waals surface area (Å²) < 4.78 is 0. The van der Waals surface area contributed by atoms with Crippen molar-refractivity contribution in [2.45, 2.75) is 31.3 Å². The van der Waals surface area contributed by atoms with Gasteiger partial charge in [-0.1, -0.05) is 0 Å². The molecule has 2 aliphatic rings. The fourth-order valence-corrected chi connectivity index (χ4v) is 2.68. The third-order valence-electron chi connectivity index (χ3n) is 3.67. The summed E-state index contributed by atoms with van der Waals surface area (Å²) in [5, 5.41) is 11.5. The Bertz CT molecular complexity index is 414. The number of piperazine rings is 1. The number of aliphatic carboxylic acids is 1. The van der Waals surface area contributed by atoms with Gasteiger partial charge < -0.3 is 26.0 Å². The lowest BCUT2D eigenvalue weighted by atomic mass is 10.1. The maximum atomic E-state index is 12.5. The maximum Gasteiger partial charge on any atom is 0.320 e. The predicted octanol–water partition coefficient (Wildman–Crippen LogP) is -1.20. The van der Waals surface area contributed by atoms with Crippen LogP contribution in [0.2, 0.25) is 0 Å². The van der Waals surface area contributed by atoms with Crippen molar-refractivity contribution >= 4 is 17.9 Å². The van der Waals surface area contributed by atoms with Crippen molar-refractivity contribution in [1.82, 2.24) is 15.1 Å². The van der Waals surface area contributed by atoms with E-state index in [0.717, 1.165) is 12.8 Å². The molecule has 0 saturated carbocycles. The molecule has 8 heteroatoms. The molecular formula is C12H20N4O4. The smallest absolute Gasteiger partial charge is 0.320 e. The normalized spacial score (nSPS) is 27.1. The average molecular weight is 284 g/mol. The lowest BCUT2D eigenvalue weighted by Crippen LogP contribution is -2.61. The number of nitrogens with two attached hydrogens (primary N) is 1. The molecule has 0 aliphatic carbocycles. The fourth-order valence-electron chi connectivity index (χ4n) is 2.68. The standard InChI is InChI=1S/C12H20N4O4/c13-8-2-1-4-15(7-8)12(20)16-5-3-14-11(19)9(16)6-10(17)18/h8-9H,1-7,13H2,(H,14,19)(H,17,18). The van der Waals surface area contributed by atoms with Gasteiger partial charge in [-0.2, -0.15) is 0 Å². The molecule has 0 aromatic heterocycles. The van der Waals surface area contributed by atoms with Gasteiger partial charge in [0.05, 0.1) is 6.42 Å². The summed E-state index contributed by atoms with van der Waals surface area (Å²) in [5.41, 5.74) is 5.85. The summed E-state index contributed by atoms with van der Waals surface area (Å²) in [5.74, 6) is -1.51. The quantitative estimate of drug-likeness (QED) is 0.589. The Balaban J connectivity index is 2.08. The van der Waals surface area contributed by atoms with Crippen LogP contribution in [-0.4, -0.2) is 71.1 Å². The van der Waals surface area contributed by atoms with Gasteiger partial charge in [0.25, 0.3) is 0 Å². The highest BCUT2D eigenvalue weighted by Gasteiger charge is 2.37. The Hall–Kier alpha value is -1.83. The third kappa shape index (κ3) is 3.19. The largest absolute Gasteiger partial charge is 0.481 e. The molecule has 2 aliphatic heterocycles. The zero-order valence-corrected chi connectivity index (χ0v) is 11.2. The molecule has 2 unspecified atom stereocenters. The molecule has 20 heavy (non-hydrogen) atoms. The van der Waals surface area contributed by atoms with Gasteiger partial charge in [-0.3, -0.25) is 9.59 Å². The minimum atomic E-state index is -1.10. The van der Waals surface area contributed by atoms with E-state index in [1.165, 1.54) is 4.90 Å². The first kappa shape index (κ1) is 14.6. The Morgan fingerprint density at radius 3 is 2.80 bits per heavy atom. The molecule has 112 valence electrons. The summed E-state index contributed by atoms with van der Waals surface area (Å²) in [7, 11) is 0. The highest BCUT2D eigenvalue weighted by Crippen LogP contribution is 2.16. The van der Waals surface area contributed by atoms with E-state index in [9.17, 15) is 14.4 Å². The van der Waals surface area contributed by atoms with Crippen molar-refractivity contribution in [3.8, 4) is 0 Å². The number of carbonyl (C=O) groups excluding carboxylic acids is 2. The number of piperidine rings is 1. The molecule has 2 fully saturated rings. The lowest BCUT2D eigenvalue weighted by Gasteiger charge is -2.40. The number of urea groups is 1. The topological polar surface area (TPSA) is 116 Å². The Labute approximate surface area is 116 Å². The van der Waals surface area contributed by atoms with Gasteiger partial charge in [-0.25, -0.2) is 4.79 Å². The van der Waals surface area contributed by atoms with Crippen LogP contribution in [0.25, 0.3) is 0 Å². The number of hydrogen-bond acceptors (Lipinski definition) is 4. The number of carboxylic acids is 1. The van der Waals surface area contributed by atoms with Crippen molar-refractivity contribution in [2.75, 3.05) is 26.2 Å². The first-order valence-electron chi connectivity index (χ1n) is 6.79. The van der Waals surface area contributed by atoms with E-state index in [4.69, 9.17) is 10.8 Å². The van der Waals surface area contributed by atoms with Crippen LogP contribution in [0.1, 0.15) is 19.3 Å². The highest BCUT2D eigenvalue weighted by molar-refractivity contribution is 5.91. The molecule has 2 atom stereocenters. The van der Waals surface area contributed by atoms with Crippen molar-refractivity contribution < 1.29 is 19.5 Å². The number of carboxylic acid groups (broad SMARTS) is 1. The molecule has 0 aromatic rings. The van der Waals surface area contributed by atoms with Crippen LogP contribution in [0, 0.1) is 0 Å². The van der Waals surface area contributed by atoms with E-state index in [-0.39, 0.29) is 18.5 Å². The molecular weight excluding hydrogens is 264 g/mol. The molecule has 8 nitrogen and oxygen atoms in total. The second-order valence-electron chi connectivity index (χ2n) is 5.23. The first-order chi connectivity index (χ1) is 9.49. The van der Waals surface area contributed by atoms with E-state index >= 15 is 0 Å². The van der Waals surface area contributed by atoms with E-state index in [0.29, 0.717) is 26.2 Å². The number of likely N-dealkylation sites (tertiary alicyclic amines) is 1. The van der Waals surface area contributed by atoms with Crippen LogP contribution in [0.5, 0.6) is 0 Å². The monoisotopic (exact) mass is 284 g/mol. The number of hydrogen-bond donors (Lipinski definition) is 3. The molecule has 3 amide bonds. The number of carbonyl (C=O) groups is 3. The summed E-state index contributed by atoms with van der Waals surface area (Å²) in [6.07, 6.45) is 1.33. The SMILES string of the molecule is NC1CCCN(C(=O)N2CCNC(=O)C2CC(=O)O)C1. The van der Waals surface area contributed by atoms with Gasteiger partial charge in [0.2, 0.25) is 5.91 Å². The Kier molecular flexibility index (Phi) is 4.43. The zero-order valence-electron chi connectivity index (χ0n) is 11.2. The van der Waals surface area contributed by atoms with E-state index in [1.807, 2.05) is 0 Å². The molecule has 0 bridgehead atoms. The van der Waals surface area contributed by atoms with Crippen molar-refractivity contribution in [3.63, 3.8) is 0 Å². The van der Waals surface area contributed by atoms with Crippen LogP contribution < -0.4 is 11.1 Å². The number of amides is 3. The molecule has 2 saturated heterocycles. The van der Waals surface area contributed by atoms with Gasteiger partial charge >= 0.3 is 12.0 Å². The van der Waals surface area contributed by atoms with Crippen LogP contribution in [0.3, 0.4) is 0 Å². The van der Waals surface area contributed by atoms with Crippen LogP contribution >= 0.6 is 0 Å². The predicted molar refractivity (Wildman–Crippen MR) is 69.9 cm³/mol. The third-order valence-corrected chi connectivity index (χ3v) is 3.67. The summed E-state index contributed by atoms with van der Waals surface area (Å²) >= 11 is 0. The molecule has 0 aromatic carbocycles. The van der Waals surface area contributed by atoms with Gasteiger partial charge in [-0.15, -0.1) is 0 Å². The number of nitrogens with one attached hydrogen (secondary N) is 1. The molecule has 2 rings (SSSR count). The van der Waals surface area contributed by atoms with E-state index in [1.54, 1.807) is 4.90 Å². The molecule has 0 spiro atoms. The minimum absolute atomic E-state index is 0.0516. The molecule has 2 heterocycles. The van der Waals surface area contributed by atoms with Crippen LogP contribution in [0.15, 0.2) is 0 Å². The Morgan fingerprint density at radius 2 is 2.15 bits per heavy atom. The Morgan fingerprint density at radius 1 is 1.40 bits per heavy atom. The van der Waals surface area contributed by atoms with Gasteiger partial charge in [-0.05, 0) is 12.8 Å². The fraction of sp³-hybridized carbons (Fsp3) is 0.750. The van der Waals surface area contributed by atoms with Gasteiger partial charge in [0, 0.05) is 32.2 Å². The maximum absolute atomic E-state index is 12.5. The lowest BCUT2D eigenvalue weighted by molar-refractivity contribution is -0.142. The van der Waals surface area contributed by atoms with Crippen molar-refractivity contribution in [3.05, 3.63) is 0 Å². The summed E-state index contributed by atoms with van der Waals surface area (Å²) in [4.78, 5) is 38.1. The number of nitrogens with zero attached hydrogens (tertiary/aromatic N) is 2. The van der Waals surface area contributed by atoms with Crippen molar-refractivity contribution in [2.24, 2.45) is 5.73 Å². The van der Waals surface area contributed by atoms with E-state index < -0.39 is 17.9 Å². The first-order valence-corrected chi connectivity index (χ1v) is 6.79. The summed E-state index contributed by atoms with van der Waals surface area (Å²) in [6, 6.07) is -1.28. The second kappa shape index (κ2) is 6.08. The zero-order chi connectivity index (χ0) is 14.7. The van der Waals surface area contributed by atoms with Crippen molar-refractivity contribution in [1.29, 1.82) is 0 Å².